The summed E-state index contributed by atoms with van der Waals surface area (Å²) in [7, 11) is 0. The van der Waals surface area contributed by atoms with Gasteiger partial charge in [-0.2, -0.15) is 0 Å². The third-order valence-electron chi connectivity index (χ3n) is 11.2. The van der Waals surface area contributed by atoms with Gasteiger partial charge in [0.05, 0.1) is 17.1 Å². The van der Waals surface area contributed by atoms with E-state index in [1.807, 2.05) is 60.7 Å². The second-order valence-corrected chi connectivity index (χ2v) is 14.4. The molecule has 0 bridgehead atoms. The van der Waals surface area contributed by atoms with Crippen molar-refractivity contribution >= 4 is 71.3 Å². The van der Waals surface area contributed by atoms with Gasteiger partial charge in [-0.25, -0.2) is 15.0 Å². The molecule has 0 aliphatic carbocycles. The molecule has 2 aromatic heterocycles. The second kappa shape index (κ2) is 11.9. The maximum atomic E-state index is 6.29. The average Bonchev–Trinajstić information content (AvgIpc) is 3.65. The van der Waals surface area contributed by atoms with E-state index in [-0.39, 0.29) is 0 Å². The number of aromatic nitrogens is 3. The molecule has 260 valence electrons. The van der Waals surface area contributed by atoms with E-state index < -0.39 is 0 Å². The lowest BCUT2D eigenvalue weighted by atomic mass is 9.88. The van der Waals surface area contributed by atoms with Gasteiger partial charge in [0.1, 0.15) is 11.2 Å². The van der Waals surface area contributed by atoms with Gasteiger partial charge in [0, 0.05) is 43.8 Å². The van der Waals surface area contributed by atoms with E-state index in [4.69, 9.17) is 19.4 Å². The van der Waals surface area contributed by atoms with E-state index in [1.165, 1.54) is 32.7 Å². The van der Waals surface area contributed by atoms with Crippen molar-refractivity contribution in [2.24, 2.45) is 0 Å². The molecule has 5 nitrogen and oxygen atoms in total. The Hall–Kier alpha value is -7.63. The summed E-state index contributed by atoms with van der Waals surface area (Å²) in [4.78, 5) is 18.1. The fourth-order valence-electron chi connectivity index (χ4n) is 8.72. The Balaban J connectivity index is 1.11. The lowest BCUT2D eigenvalue weighted by Crippen LogP contribution is -2.15. The van der Waals surface area contributed by atoms with Crippen molar-refractivity contribution in [3.63, 3.8) is 0 Å². The molecule has 5 heteroatoms. The predicted octanol–water partition coefficient (Wildman–Crippen LogP) is 13.7. The first-order valence-electron chi connectivity index (χ1n) is 18.9. The first-order chi connectivity index (χ1) is 27.8. The normalized spacial score (nSPS) is 12.2. The molecule has 0 spiro atoms. The largest absolute Gasteiger partial charge is 0.456 e. The van der Waals surface area contributed by atoms with Gasteiger partial charge in [0.25, 0.3) is 0 Å². The number of benzene rings is 9. The summed E-state index contributed by atoms with van der Waals surface area (Å²) >= 11 is 0. The van der Waals surface area contributed by atoms with Crippen LogP contribution in [0, 0.1) is 0 Å². The number of nitrogens with zero attached hydrogens (tertiary/aromatic N) is 4. The molecule has 0 unspecified atom stereocenters. The molecule has 0 radical (unpaired) electrons. The SMILES string of the molecule is c1ccc(-c2nc(-c3ccc(N4c5cc6ccccc6cc5-c5cccc6cccc4c56)c4ccccc34)nc(-c3cccc4oc5ccccc5c34)n2)cc1. The minimum absolute atomic E-state index is 0.597. The standard InChI is InChI=1S/C51H30N4O/c1-2-13-32(14-3-1)49-52-50(54-51(53-49)40-23-12-26-46-48(40)39-21-8-9-25-45(39)56-46)38-27-28-42(36-20-7-6-19-35(36)38)55-43-24-11-18-31-17-10-22-37(47(31)43)41-29-33-15-4-5-16-34(33)30-44(41)55/h1-30H. The molecule has 56 heavy (non-hydrogen) atoms. The second-order valence-electron chi connectivity index (χ2n) is 14.4. The van der Waals surface area contributed by atoms with E-state index in [1.54, 1.807) is 0 Å². The molecule has 0 N–H and O–H groups in total. The number of para-hydroxylation sites is 1. The van der Waals surface area contributed by atoms with Crippen LogP contribution >= 0.6 is 0 Å². The Bertz CT molecular complexity index is 3380. The smallest absolute Gasteiger partial charge is 0.164 e. The molecule has 1 aliphatic rings. The van der Waals surface area contributed by atoms with E-state index >= 15 is 0 Å². The van der Waals surface area contributed by atoms with Gasteiger partial charge in [-0.1, -0.05) is 140 Å². The van der Waals surface area contributed by atoms with Crippen LogP contribution in [0.3, 0.4) is 0 Å². The molecule has 12 rings (SSSR count). The van der Waals surface area contributed by atoms with Crippen LogP contribution in [0.5, 0.6) is 0 Å². The Kier molecular flexibility index (Phi) is 6.56. The van der Waals surface area contributed by atoms with Gasteiger partial charge in [0.2, 0.25) is 0 Å². The zero-order valence-electron chi connectivity index (χ0n) is 30.0. The van der Waals surface area contributed by atoms with E-state index in [9.17, 15) is 0 Å². The van der Waals surface area contributed by atoms with Gasteiger partial charge in [-0.15, -0.1) is 0 Å². The van der Waals surface area contributed by atoms with Gasteiger partial charge >= 0.3 is 0 Å². The molecule has 0 saturated heterocycles. The number of anilines is 3. The third-order valence-corrected chi connectivity index (χ3v) is 11.2. The summed E-state index contributed by atoms with van der Waals surface area (Å²) in [6.07, 6.45) is 0. The zero-order valence-corrected chi connectivity index (χ0v) is 30.0. The van der Waals surface area contributed by atoms with Crippen molar-refractivity contribution in [2.45, 2.75) is 0 Å². The van der Waals surface area contributed by atoms with Crippen LogP contribution in [0.25, 0.3) is 99.5 Å². The first-order valence-corrected chi connectivity index (χ1v) is 18.9. The fourth-order valence-corrected chi connectivity index (χ4v) is 8.72. The molecule has 0 atom stereocenters. The van der Waals surface area contributed by atoms with Crippen LogP contribution in [0.1, 0.15) is 0 Å². The van der Waals surface area contributed by atoms with Crippen molar-refractivity contribution in [2.75, 3.05) is 4.90 Å². The minimum atomic E-state index is 0.597. The summed E-state index contributed by atoms with van der Waals surface area (Å²) in [6.45, 7) is 0. The van der Waals surface area contributed by atoms with Gasteiger partial charge in [0.15, 0.2) is 17.5 Å². The first kappa shape index (κ1) is 30.8. The van der Waals surface area contributed by atoms with Crippen LogP contribution in [0.15, 0.2) is 186 Å². The van der Waals surface area contributed by atoms with Gasteiger partial charge in [-0.05, 0) is 69.6 Å². The fraction of sp³-hybridized carbons (Fsp3) is 0. The van der Waals surface area contributed by atoms with E-state index in [2.05, 4.69) is 126 Å². The molecule has 3 heterocycles. The number of fused-ring (bicyclic) bond motifs is 7. The highest BCUT2D eigenvalue weighted by atomic mass is 16.3. The molecule has 11 aromatic rings. The summed E-state index contributed by atoms with van der Waals surface area (Å²) in [5, 5.41) is 9.08. The highest BCUT2D eigenvalue weighted by molar-refractivity contribution is 6.18. The summed E-state index contributed by atoms with van der Waals surface area (Å²) < 4.78 is 6.29. The monoisotopic (exact) mass is 714 g/mol. The Morgan fingerprint density at radius 3 is 1.82 bits per heavy atom. The Morgan fingerprint density at radius 1 is 0.339 bits per heavy atom. The average molecular weight is 715 g/mol. The minimum Gasteiger partial charge on any atom is -0.456 e. The Morgan fingerprint density at radius 2 is 0.964 bits per heavy atom. The van der Waals surface area contributed by atoms with Crippen LogP contribution in [0.4, 0.5) is 17.1 Å². The topological polar surface area (TPSA) is 55.1 Å². The molecule has 0 amide bonds. The molecule has 9 aromatic carbocycles. The molecular weight excluding hydrogens is 685 g/mol. The van der Waals surface area contributed by atoms with Gasteiger partial charge in [-0.3, -0.25) is 0 Å². The van der Waals surface area contributed by atoms with Crippen molar-refractivity contribution in [1.82, 2.24) is 15.0 Å². The quantitative estimate of drug-likeness (QED) is 0.182. The zero-order chi connectivity index (χ0) is 36.7. The molecule has 1 aliphatic heterocycles. The van der Waals surface area contributed by atoms with Crippen LogP contribution in [0.2, 0.25) is 0 Å². The Labute approximate surface area is 321 Å². The maximum Gasteiger partial charge on any atom is 0.164 e. The lowest BCUT2D eigenvalue weighted by molar-refractivity contribution is 0.669. The molecule has 0 saturated carbocycles. The van der Waals surface area contributed by atoms with E-state index in [0.717, 1.165) is 66.5 Å². The number of hydrogen-bond acceptors (Lipinski definition) is 5. The van der Waals surface area contributed by atoms with Crippen LogP contribution in [-0.2, 0) is 0 Å². The van der Waals surface area contributed by atoms with Gasteiger partial charge < -0.3 is 9.32 Å². The maximum absolute atomic E-state index is 6.29. The highest BCUT2D eigenvalue weighted by Gasteiger charge is 2.28. The third kappa shape index (κ3) is 4.58. The number of furan rings is 1. The number of hydrogen-bond donors (Lipinski definition) is 0. The lowest BCUT2D eigenvalue weighted by Gasteiger charge is -2.34. The van der Waals surface area contributed by atoms with Crippen LogP contribution in [-0.4, -0.2) is 15.0 Å². The molecule has 0 fully saturated rings. The number of rotatable bonds is 4. The molecular formula is C51H30N4O. The van der Waals surface area contributed by atoms with Crippen molar-refractivity contribution in [1.29, 1.82) is 0 Å². The van der Waals surface area contributed by atoms with Crippen LogP contribution < -0.4 is 4.90 Å². The van der Waals surface area contributed by atoms with E-state index in [0.29, 0.717) is 17.5 Å². The summed E-state index contributed by atoms with van der Waals surface area (Å²) in [5.74, 6) is 1.82. The van der Waals surface area contributed by atoms with Crippen molar-refractivity contribution in [3.05, 3.63) is 182 Å². The highest BCUT2D eigenvalue weighted by Crippen LogP contribution is 2.53. The summed E-state index contributed by atoms with van der Waals surface area (Å²) in [5.41, 5.74) is 10.3. The predicted molar refractivity (Wildman–Crippen MR) is 230 cm³/mol. The summed E-state index contributed by atoms with van der Waals surface area (Å²) in [6, 6.07) is 64.0. The van der Waals surface area contributed by atoms with Crippen molar-refractivity contribution < 1.29 is 4.42 Å². The van der Waals surface area contributed by atoms with Crippen molar-refractivity contribution in [3.8, 4) is 45.3 Å².